The maximum absolute atomic E-state index is 12.7. The van der Waals surface area contributed by atoms with Crippen LogP contribution in [0.1, 0.15) is 11.1 Å². The number of halogens is 3. The summed E-state index contributed by atoms with van der Waals surface area (Å²) in [6, 6.07) is 4.31. The van der Waals surface area contributed by atoms with E-state index in [4.69, 9.17) is 11.1 Å². The summed E-state index contributed by atoms with van der Waals surface area (Å²) in [5, 5.41) is 13.0. The molecule has 0 aliphatic heterocycles. The van der Waals surface area contributed by atoms with Crippen LogP contribution in [0.4, 0.5) is 30.6 Å². The van der Waals surface area contributed by atoms with Gasteiger partial charge in [0.2, 0.25) is 11.9 Å². The highest BCUT2D eigenvalue weighted by atomic mass is 32.2. The average Bonchev–Trinajstić information content (AvgIpc) is 2.58. The average molecular weight is 384 g/mol. The lowest BCUT2D eigenvalue weighted by atomic mass is 10.2. The van der Waals surface area contributed by atoms with Gasteiger partial charge < -0.3 is 21.8 Å². The summed E-state index contributed by atoms with van der Waals surface area (Å²) in [4.78, 5) is 19.9. The summed E-state index contributed by atoms with van der Waals surface area (Å²) in [6.45, 7) is -0.276. The molecule has 0 fully saturated rings. The second kappa shape index (κ2) is 8.04. The molecule has 1 amide bonds. The largest absolute Gasteiger partial charge is 0.416 e. The highest BCUT2D eigenvalue weighted by Gasteiger charge is 2.30. The molecule has 0 aliphatic rings. The number of thioether (sulfide) groups is 1. The lowest BCUT2D eigenvalue weighted by Gasteiger charge is -2.12. The lowest BCUT2D eigenvalue weighted by molar-refractivity contribution is -0.137. The number of aromatic nitrogens is 2. The SMILES string of the molecule is CSc1nc(N)nc(NCC(=O)Nc2cccc(C(F)(F)F)c2)c1C=N. The number of hydrogen-bond acceptors (Lipinski definition) is 7. The Hall–Kier alpha value is -2.82. The zero-order valence-corrected chi connectivity index (χ0v) is 14.3. The minimum atomic E-state index is -4.50. The number of hydrogen-bond donors (Lipinski definition) is 4. The van der Waals surface area contributed by atoms with Crippen LogP contribution in [0, 0.1) is 5.41 Å². The van der Waals surface area contributed by atoms with Gasteiger partial charge in [0.1, 0.15) is 10.8 Å². The normalized spacial score (nSPS) is 11.1. The molecule has 138 valence electrons. The molecular formula is C15H15F3N6OS. The van der Waals surface area contributed by atoms with Crippen LogP contribution in [0.2, 0.25) is 0 Å². The van der Waals surface area contributed by atoms with Gasteiger partial charge in [-0.15, -0.1) is 11.8 Å². The number of anilines is 3. The van der Waals surface area contributed by atoms with Crippen LogP contribution in [0.15, 0.2) is 29.3 Å². The van der Waals surface area contributed by atoms with Crippen molar-refractivity contribution in [3.63, 3.8) is 0 Å². The first kappa shape index (κ1) is 19.5. The van der Waals surface area contributed by atoms with Crippen molar-refractivity contribution >= 4 is 41.3 Å². The minimum absolute atomic E-state index is 0.0194. The van der Waals surface area contributed by atoms with Gasteiger partial charge in [-0.3, -0.25) is 4.79 Å². The van der Waals surface area contributed by atoms with Crippen LogP contribution in [0.3, 0.4) is 0 Å². The van der Waals surface area contributed by atoms with E-state index in [0.29, 0.717) is 10.6 Å². The van der Waals surface area contributed by atoms with Crippen molar-refractivity contribution in [1.82, 2.24) is 9.97 Å². The second-order valence-electron chi connectivity index (χ2n) is 4.98. The molecule has 0 unspecified atom stereocenters. The Morgan fingerprint density at radius 1 is 1.38 bits per heavy atom. The van der Waals surface area contributed by atoms with E-state index in [0.717, 1.165) is 18.3 Å². The van der Waals surface area contributed by atoms with Crippen molar-refractivity contribution in [3.8, 4) is 0 Å². The topological polar surface area (TPSA) is 117 Å². The predicted octanol–water partition coefficient (Wildman–Crippen LogP) is 2.85. The third kappa shape index (κ3) is 4.85. The van der Waals surface area contributed by atoms with Crippen molar-refractivity contribution in [1.29, 1.82) is 5.41 Å². The van der Waals surface area contributed by atoms with E-state index < -0.39 is 17.6 Å². The molecule has 0 aliphatic carbocycles. The summed E-state index contributed by atoms with van der Waals surface area (Å²) in [5.74, 6) is -0.417. The molecule has 0 bridgehead atoms. The van der Waals surface area contributed by atoms with Crippen LogP contribution in [-0.2, 0) is 11.0 Å². The Labute approximate surface area is 151 Å². The number of carbonyl (C=O) groups is 1. The molecule has 2 aromatic rings. The van der Waals surface area contributed by atoms with Crippen molar-refractivity contribution in [2.24, 2.45) is 0 Å². The monoisotopic (exact) mass is 384 g/mol. The highest BCUT2D eigenvalue weighted by Crippen LogP contribution is 2.30. The first-order valence-corrected chi connectivity index (χ1v) is 8.40. The third-order valence-electron chi connectivity index (χ3n) is 3.16. The van der Waals surface area contributed by atoms with Crippen LogP contribution in [0.5, 0.6) is 0 Å². The lowest BCUT2D eigenvalue weighted by Crippen LogP contribution is -2.23. The van der Waals surface area contributed by atoms with Crippen LogP contribution >= 0.6 is 11.8 Å². The fourth-order valence-electron chi connectivity index (χ4n) is 2.03. The molecule has 1 aromatic carbocycles. The second-order valence-corrected chi connectivity index (χ2v) is 5.77. The molecule has 7 nitrogen and oxygen atoms in total. The minimum Gasteiger partial charge on any atom is -0.368 e. The molecule has 11 heteroatoms. The van der Waals surface area contributed by atoms with Gasteiger partial charge >= 0.3 is 6.18 Å². The van der Waals surface area contributed by atoms with E-state index in [1.807, 2.05) is 0 Å². The number of nitrogens with one attached hydrogen (secondary N) is 3. The number of benzene rings is 1. The zero-order valence-electron chi connectivity index (χ0n) is 13.5. The van der Waals surface area contributed by atoms with Crippen molar-refractivity contribution in [2.45, 2.75) is 11.2 Å². The van der Waals surface area contributed by atoms with Gasteiger partial charge in [0, 0.05) is 11.9 Å². The Morgan fingerprint density at radius 3 is 2.73 bits per heavy atom. The third-order valence-corrected chi connectivity index (χ3v) is 3.85. The predicted molar refractivity (Wildman–Crippen MR) is 94.7 cm³/mol. The number of carbonyl (C=O) groups excluding carboxylic acids is 1. The Bertz CT molecular complexity index is 828. The van der Waals surface area contributed by atoms with Gasteiger partial charge in [-0.05, 0) is 24.5 Å². The van der Waals surface area contributed by atoms with E-state index in [1.54, 1.807) is 6.26 Å². The van der Waals surface area contributed by atoms with Gasteiger partial charge in [-0.25, -0.2) is 4.98 Å². The molecule has 2 rings (SSSR count). The van der Waals surface area contributed by atoms with Crippen LogP contribution in [-0.4, -0.2) is 34.9 Å². The number of nitrogen functional groups attached to an aromatic ring is 1. The number of amides is 1. The summed E-state index contributed by atoms with van der Waals surface area (Å²) in [7, 11) is 0. The molecule has 0 spiro atoms. The molecule has 1 heterocycles. The molecule has 26 heavy (non-hydrogen) atoms. The van der Waals surface area contributed by atoms with Crippen molar-refractivity contribution in [3.05, 3.63) is 35.4 Å². The summed E-state index contributed by atoms with van der Waals surface area (Å²) >= 11 is 1.26. The van der Waals surface area contributed by atoms with Gasteiger partial charge in [0.25, 0.3) is 0 Å². The van der Waals surface area contributed by atoms with Crippen LogP contribution in [0.25, 0.3) is 0 Å². The molecule has 5 N–H and O–H groups in total. The number of alkyl halides is 3. The van der Waals surface area contributed by atoms with Crippen molar-refractivity contribution < 1.29 is 18.0 Å². The first-order chi connectivity index (χ1) is 12.2. The van der Waals surface area contributed by atoms with Crippen LogP contribution < -0.4 is 16.4 Å². The summed E-state index contributed by atoms with van der Waals surface area (Å²) < 4.78 is 38.1. The molecule has 0 saturated heterocycles. The molecule has 0 saturated carbocycles. The quantitative estimate of drug-likeness (QED) is 0.346. The van der Waals surface area contributed by atoms with Gasteiger partial charge in [0.05, 0.1) is 17.7 Å². The summed E-state index contributed by atoms with van der Waals surface area (Å²) in [5.41, 5.74) is 5.11. The maximum atomic E-state index is 12.7. The number of nitrogens with two attached hydrogens (primary N) is 1. The van der Waals surface area contributed by atoms with E-state index in [1.165, 1.54) is 23.9 Å². The van der Waals surface area contributed by atoms with Gasteiger partial charge in [0.15, 0.2) is 0 Å². The highest BCUT2D eigenvalue weighted by molar-refractivity contribution is 7.98. The smallest absolute Gasteiger partial charge is 0.368 e. The van der Waals surface area contributed by atoms with E-state index in [2.05, 4.69) is 20.6 Å². The Balaban J connectivity index is 2.08. The van der Waals surface area contributed by atoms with Gasteiger partial charge in [-0.2, -0.15) is 18.2 Å². The molecular weight excluding hydrogens is 369 g/mol. The number of rotatable bonds is 6. The molecule has 0 atom stereocenters. The molecule has 0 radical (unpaired) electrons. The summed E-state index contributed by atoms with van der Waals surface area (Å²) in [6.07, 6.45) is -1.72. The fourth-order valence-corrected chi connectivity index (χ4v) is 2.59. The van der Waals surface area contributed by atoms with E-state index in [9.17, 15) is 18.0 Å². The standard InChI is InChI=1S/C15H15F3N6OS/c1-26-13-10(6-19)12(23-14(20)24-13)21-7-11(25)22-9-4-2-3-8(5-9)15(16,17)18/h2-6,19H,7H2,1H3,(H,22,25)(H3,20,21,23,24). The van der Waals surface area contributed by atoms with Gasteiger partial charge in [-0.1, -0.05) is 6.07 Å². The fraction of sp³-hybridized carbons (Fsp3) is 0.200. The Kier molecular flexibility index (Phi) is 6.03. The zero-order chi connectivity index (χ0) is 19.3. The van der Waals surface area contributed by atoms with Crippen molar-refractivity contribution in [2.75, 3.05) is 29.2 Å². The van der Waals surface area contributed by atoms with E-state index >= 15 is 0 Å². The maximum Gasteiger partial charge on any atom is 0.416 e. The number of nitrogens with zero attached hydrogens (tertiary/aromatic N) is 2. The van der Waals surface area contributed by atoms with E-state index in [-0.39, 0.29) is 24.0 Å². The molecule has 1 aromatic heterocycles. The Morgan fingerprint density at radius 2 is 2.12 bits per heavy atom. The first-order valence-electron chi connectivity index (χ1n) is 7.17.